The van der Waals surface area contributed by atoms with E-state index in [1.54, 1.807) is 11.8 Å². The number of thioether (sulfide) groups is 1. The van der Waals surface area contributed by atoms with Crippen molar-refractivity contribution in [3.8, 4) is 5.75 Å². The Morgan fingerprint density at radius 1 is 1.46 bits per heavy atom. The van der Waals surface area contributed by atoms with Crippen LogP contribution in [0.1, 0.15) is 23.8 Å². The first kappa shape index (κ1) is 18.3. The van der Waals surface area contributed by atoms with Gasteiger partial charge in [0, 0.05) is 22.9 Å². The maximum absolute atomic E-state index is 11.2. The molecule has 3 rings (SSSR count). The lowest BCUT2D eigenvalue weighted by Crippen LogP contribution is -2.33. The molecular formula is C16H20BrClN2O3S. The van der Waals surface area contributed by atoms with Crippen LogP contribution in [0.2, 0.25) is 5.02 Å². The Labute approximate surface area is 159 Å². The number of hydrogen-bond donors (Lipinski definition) is 2. The van der Waals surface area contributed by atoms with Crippen LogP contribution in [-0.2, 0) is 4.79 Å². The quantitative estimate of drug-likeness (QED) is 0.714. The van der Waals surface area contributed by atoms with E-state index in [1.165, 1.54) is 12.8 Å². The molecule has 2 fully saturated rings. The predicted molar refractivity (Wildman–Crippen MR) is 100 cm³/mol. The lowest BCUT2D eigenvalue weighted by molar-refractivity contribution is -0.138. The number of ether oxygens (including phenoxy) is 1. The van der Waals surface area contributed by atoms with Crippen LogP contribution >= 0.6 is 39.3 Å². The van der Waals surface area contributed by atoms with Crippen molar-refractivity contribution in [2.45, 2.75) is 24.3 Å². The fourth-order valence-electron chi connectivity index (χ4n) is 3.00. The molecule has 2 atom stereocenters. The summed E-state index contributed by atoms with van der Waals surface area (Å²) in [6.45, 7) is 3.78. The van der Waals surface area contributed by atoms with Gasteiger partial charge in [0.15, 0.2) is 0 Å². The van der Waals surface area contributed by atoms with E-state index in [0.717, 1.165) is 35.4 Å². The third-order valence-corrected chi connectivity index (χ3v) is 6.31. The molecule has 2 aliphatic heterocycles. The molecule has 0 aliphatic carbocycles. The summed E-state index contributed by atoms with van der Waals surface area (Å²) in [5.41, 5.74) is 0.893. The van der Waals surface area contributed by atoms with Crippen LogP contribution < -0.4 is 10.1 Å². The van der Waals surface area contributed by atoms with E-state index in [1.807, 2.05) is 12.1 Å². The topological polar surface area (TPSA) is 61.8 Å². The standard InChI is InChI=1S/C16H20BrClN2O3S/c17-12-8-10(18)7-11(15-19-13(9-24-15)16(21)22)14(12)23-6-5-20-3-1-2-4-20/h7-8,13,15,19H,1-6,9H2,(H,21,22). The minimum Gasteiger partial charge on any atom is -0.491 e. The summed E-state index contributed by atoms with van der Waals surface area (Å²) in [6.07, 6.45) is 2.52. The highest BCUT2D eigenvalue weighted by Gasteiger charge is 2.32. The summed E-state index contributed by atoms with van der Waals surface area (Å²) in [7, 11) is 0. The van der Waals surface area contributed by atoms with Gasteiger partial charge in [-0.2, -0.15) is 0 Å². The lowest BCUT2D eigenvalue weighted by atomic mass is 10.2. The van der Waals surface area contributed by atoms with Crippen LogP contribution in [-0.4, -0.2) is 54.0 Å². The molecule has 0 aromatic heterocycles. The van der Waals surface area contributed by atoms with Gasteiger partial charge in [-0.15, -0.1) is 11.8 Å². The number of nitrogens with zero attached hydrogens (tertiary/aromatic N) is 1. The highest BCUT2D eigenvalue weighted by Crippen LogP contribution is 2.42. The van der Waals surface area contributed by atoms with Crippen LogP contribution in [0.3, 0.4) is 0 Å². The van der Waals surface area contributed by atoms with E-state index in [2.05, 4.69) is 26.1 Å². The van der Waals surface area contributed by atoms with E-state index >= 15 is 0 Å². The van der Waals surface area contributed by atoms with Crippen molar-refractivity contribution in [2.24, 2.45) is 0 Å². The summed E-state index contributed by atoms with van der Waals surface area (Å²) >= 11 is 11.3. The number of rotatable bonds is 6. The van der Waals surface area contributed by atoms with Crippen LogP contribution in [0.15, 0.2) is 16.6 Å². The molecule has 2 saturated heterocycles. The van der Waals surface area contributed by atoms with E-state index in [4.69, 9.17) is 16.3 Å². The van der Waals surface area contributed by atoms with Crippen LogP contribution in [0, 0.1) is 0 Å². The average molecular weight is 436 g/mol. The molecule has 0 radical (unpaired) electrons. The zero-order valence-corrected chi connectivity index (χ0v) is 16.3. The smallest absolute Gasteiger partial charge is 0.321 e. The van der Waals surface area contributed by atoms with E-state index in [9.17, 15) is 9.90 Å². The number of carboxylic acids is 1. The second kappa shape index (κ2) is 8.27. The number of likely N-dealkylation sites (tertiary alicyclic amines) is 1. The Bertz CT molecular complexity index is 613. The second-order valence-electron chi connectivity index (χ2n) is 5.97. The van der Waals surface area contributed by atoms with Crippen molar-refractivity contribution in [1.82, 2.24) is 10.2 Å². The van der Waals surface area contributed by atoms with Crippen molar-refractivity contribution < 1.29 is 14.6 Å². The first-order chi connectivity index (χ1) is 11.5. The maximum Gasteiger partial charge on any atom is 0.321 e. The Morgan fingerprint density at radius 2 is 2.21 bits per heavy atom. The fraction of sp³-hybridized carbons (Fsp3) is 0.562. The van der Waals surface area contributed by atoms with Crippen molar-refractivity contribution in [1.29, 1.82) is 0 Å². The first-order valence-corrected chi connectivity index (χ1v) is 10.2. The summed E-state index contributed by atoms with van der Waals surface area (Å²) in [5, 5.41) is 12.8. The van der Waals surface area contributed by atoms with Crippen LogP contribution in [0.5, 0.6) is 5.75 Å². The van der Waals surface area contributed by atoms with Crippen molar-refractivity contribution in [2.75, 3.05) is 32.0 Å². The lowest BCUT2D eigenvalue weighted by Gasteiger charge is -2.20. The van der Waals surface area contributed by atoms with Crippen LogP contribution in [0.4, 0.5) is 0 Å². The molecule has 1 aromatic rings. The summed E-state index contributed by atoms with van der Waals surface area (Å²) in [5.74, 6) is 0.439. The van der Waals surface area contributed by atoms with Crippen molar-refractivity contribution in [3.05, 3.63) is 27.2 Å². The molecule has 0 saturated carbocycles. The van der Waals surface area contributed by atoms with Crippen molar-refractivity contribution >= 4 is 45.3 Å². The van der Waals surface area contributed by atoms with Gasteiger partial charge in [0.05, 0.1) is 9.85 Å². The number of carboxylic acid groups (broad SMARTS) is 1. The van der Waals surface area contributed by atoms with Gasteiger partial charge in [0.1, 0.15) is 18.4 Å². The van der Waals surface area contributed by atoms with Gasteiger partial charge in [-0.3, -0.25) is 15.0 Å². The van der Waals surface area contributed by atoms with Crippen LogP contribution in [0.25, 0.3) is 0 Å². The molecule has 132 valence electrons. The van der Waals surface area contributed by atoms with Gasteiger partial charge >= 0.3 is 5.97 Å². The largest absolute Gasteiger partial charge is 0.491 e. The summed E-state index contributed by atoms with van der Waals surface area (Å²) in [6, 6.07) is 3.12. The van der Waals surface area contributed by atoms with Gasteiger partial charge < -0.3 is 9.84 Å². The number of nitrogens with one attached hydrogen (secondary N) is 1. The third-order valence-electron chi connectivity index (χ3n) is 4.25. The highest BCUT2D eigenvalue weighted by atomic mass is 79.9. The molecule has 0 bridgehead atoms. The number of halogens is 2. The third kappa shape index (κ3) is 4.38. The minimum absolute atomic E-state index is 0.136. The molecule has 0 spiro atoms. The first-order valence-electron chi connectivity index (χ1n) is 7.99. The molecular weight excluding hydrogens is 416 g/mol. The Kier molecular flexibility index (Phi) is 6.32. The molecule has 2 heterocycles. The molecule has 2 unspecified atom stereocenters. The number of carbonyl (C=O) groups is 1. The van der Waals surface area contributed by atoms with E-state index < -0.39 is 12.0 Å². The molecule has 2 N–H and O–H groups in total. The highest BCUT2D eigenvalue weighted by molar-refractivity contribution is 9.10. The van der Waals surface area contributed by atoms with Gasteiger partial charge in [0.25, 0.3) is 0 Å². The molecule has 5 nitrogen and oxygen atoms in total. The maximum atomic E-state index is 11.2. The molecule has 0 amide bonds. The Balaban J connectivity index is 1.71. The summed E-state index contributed by atoms with van der Waals surface area (Å²) < 4.78 is 6.84. The van der Waals surface area contributed by atoms with E-state index in [0.29, 0.717) is 17.4 Å². The van der Waals surface area contributed by atoms with Gasteiger partial charge in [0.2, 0.25) is 0 Å². The SMILES string of the molecule is O=C(O)C1CSC(c2cc(Cl)cc(Br)c2OCCN2CCCC2)N1. The minimum atomic E-state index is -0.831. The van der Waals surface area contributed by atoms with Crippen molar-refractivity contribution in [3.63, 3.8) is 0 Å². The zero-order chi connectivity index (χ0) is 17.1. The van der Waals surface area contributed by atoms with Gasteiger partial charge in [-0.05, 0) is 54.0 Å². The number of aliphatic carboxylic acids is 1. The monoisotopic (exact) mass is 434 g/mol. The molecule has 2 aliphatic rings. The average Bonchev–Trinajstić information content (AvgIpc) is 3.20. The molecule has 24 heavy (non-hydrogen) atoms. The number of hydrogen-bond acceptors (Lipinski definition) is 5. The Morgan fingerprint density at radius 3 is 2.88 bits per heavy atom. The molecule has 1 aromatic carbocycles. The normalized spacial score (nSPS) is 24.4. The summed E-state index contributed by atoms with van der Waals surface area (Å²) in [4.78, 5) is 13.6. The van der Waals surface area contributed by atoms with Gasteiger partial charge in [-0.25, -0.2) is 0 Å². The zero-order valence-electron chi connectivity index (χ0n) is 13.1. The Hall–Kier alpha value is -0.470. The fourth-order valence-corrected chi connectivity index (χ4v) is 5.19. The number of benzene rings is 1. The second-order valence-corrected chi connectivity index (χ2v) is 8.40. The predicted octanol–water partition coefficient (Wildman–Crippen LogP) is 3.37. The van der Waals surface area contributed by atoms with Gasteiger partial charge in [-0.1, -0.05) is 11.6 Å². The van der Waals surface area contributed by atoms with E-state index in [-0.39, 0.29) is 5.37 Å². The molecule has 8 heteroatoms.